The van der Waals surface area contributed by atoms with Gasteiger partial charge in [0, 0.05) is 17.5 Å². The van der Waals surface area contributed by atoms with Crippen molar-refractivity contribution >= 4 is 17.5 Å². The Kier molecular flexibility index (Phi) is 6.33. The van der Waals surface area contributed by atoms with E-state index in [9.17, 15) is 4.79 Å². The van der Waals surface area contributed by atoms with Gasteiger partial charge >= 0.3 is 0 Å². The third-order valence-corrected chi connectivity index (χ3v) is 5.61. The molecule has 6 heteroatoms. The topological polar surface area (TPSA) is 61.0 Å². The zero-order valence-electron chi connectivity index (χ0n) is 15.5. The molecule has 0 aliphatic heterocycles. The molecule has 1 atom stereocenters. The molecular weight excluding hydrogens is 348 g/mol. The third-order valence-electron chi connectivity index (χ3n) is 5.27. The first-order chi connectivity index (χ1) is 12.6. The van der Waals surface area contributed by atoms with E-state index in [1.807, 2.05) is 38.4 Å². The van der Waals surface area contributed by atoms with Gasteiger partial charge in [-0.25, -0.2) is 0 Å². The summed E-state index contributed by atoms with van der Waals surface area (Å²) in [4.78, 5) is 14.9. The average Bonchev–Trinajstić information content (AvgIpc) is 3.13. The first-order valence-corrected chi connectivity index (χ1v) is 9.68. The molecule has 5 nitrogen and oxygen atoms in total. The number of benzene rings is 1. The maximum absolute atomic E-state index is 12.8. The summed E-state index contributed by atoms with van der Waals surface area (Å²) in [6.07, 6.45) is 7.64. The molecule has 3 rings (SSSR count). The summed E-state index contributed by atoms with van der Waals surface area (Å²) in [7, 11) is 3.98. The molecule has 0 unspecified atom stereocenters. The van der Waals surface area contributed by atoms with Crippen molar-refractivity contribution in [1.82, 2.24) is 20.4 Å². The van der Waals surface area contributed by atoms with Crippen molar-refractivity contribution in [1.29, 1.82) is 0 Å². The highest BCUT2D eigenvalue weighted by molar-refractivity contribution is 6.31. The Bertz CT molecular complexity index is 737. The minimum absolute atomic E-state index is 0.0117. The number of carbonyl (C=O) groups is 1. The fourth-order valence-electron chi connectivity index (χ4n) is 3.78. The molecular formula is C20H27ClN4O. The van der Waals surface area contributed by atoms with Gasteiger partial charge in [-0.2, -0.15) is 5.10 Å². The molecule has 2 aromatic rings. The minimum Gasteiger partial charge on any atom is -0.350 e. The second-order valence-electron chi connectivity index (χ2n) is 7.24. The lowest BCUT2D eigenvalue weighted by atomic mass is 9.85. The van der Waals surface area contributed by atoms with Gasteiger partial charge in [0.15, 0.2) is 0 Å². The molecule has 1 aliphatic carbocycles. The molecule has 1 amide bonds. The number of aromatic nitrogens is 2. The summed E-state index contributed by atoms with van der Waals surface area (Å²) >= 11 is 6.35. The molecule has 1 aliphatic rings. The van der Waals surface area contributed by atoms with Crippen LogP contribution < -0.4 is 5.32 Å². The number of likely N-dealkylation sites (N-methyl/N-ethyl adjacent to an activating group) is 1. The molecule has 140 valence electrons. The van der Waals surface area contributed by atoms with Crippen LogP contribution in [-0.2, 0) is 0 Å². The van der Waals surface area contributed by atoms with E-state index in [0.29, 0.717) is 23.0 Å². The van der Waals surface area contributed by atoms with Crippen LogP contribution in [0.2, 0.25) is 5.02 Å². The largest absolute Gasteiger partial charge is 0.350 e. The van der Waals surface area contributed by atoms with Crippen molar-refractivity contribution in [3.63, 3.8) is 0 Å². The molecule has 1 heterocycles. The highest BCUT2D eigenvalue weighted by Gasteiger charge is 2.24. The monoisotopic (exact) mass is 374 g/mol. The van der Waals surface area contributed by atoms with Crippen molar-refractivity contribution in [2.75, 3.05) is 20.6 Å². The SMILES string of the molecule is CN(C)[C@H](CNC(=O)c1cn[nH]c1C1CCCCC1)c1ccccc1Cl. The number of rotatable bonds is 6. The van der Waals surface area contributed by atoms with Crippen LogP contribution in [0.25, 0.3) is 0 Å². The fraction of sp³-hybridized carbons (Fsp3) is 0.500. The highest BCUT2D eigenvalue weighted by atomic mass is 35.5. The summed E-state index contributed by atoms with van der Waals surface area (Å²) in [5.41, 5.74) is 2.68. The number of hydrogen-bond acceptors (Lipinski definition) is 3. The van der Waals surface area contributed by atoms with Crippen molar-refractivity contribution in [2.24, 2.45) is 0 Å². The van der Waals surface area contributed by atoms with Crippen molar-refractivity contribution in [3.8, 4) is 0 Å². The van der Waals surface area contributed by atoms with E-state index >= 15 is 0 Å². The van der Waals surface area contributed by atoms with E-state index in [2.05, 4.69) is 20.4 Å². The number of nitrogens with zero attached hydrogens (tertiary/aromatic N) is 2. The highest BCUT2D eigenvalue weighted by Crippen LogP contribution is 2.33. The Labute approximate surface area is 160 Å². The van der Waals surface area contributed by atoms with Crippen LogP contribution in [0.1, 0.15) is 65.7 Å². The zero-order chi connectivity index (χ0) is 18.5. The van der Waals surface area contributed by atoms with Gasteiger partial charge in [-0.15, -0.1) is 0 Å². The van der Waals surface area contributed by atoms with Gasteiger partial charge in [-0.05, 0) is 38.6 Å². The smallest absolute Gasteiger partial charge is 0.254 e. The van der Waals surface area contributed by atoms with Crippen LogP contribution in [0, 0.1) is 0 Å². The predicted molar refractivity (Wildman–Crippen MR) is 105 cm³/mol. The normalized spacial score (nSPS) is 16.6. The zero-order valence-corrected chi connectivity index (χ0v) is 16.2. The molecule has 0 bridgehead atoms. The number of halogens is 1. The molecule has 0 radical (unpaired) electrons. The van der Waals surface area contributed by atoms with Gasteiger partial charge in [-0.1, -0.05) is 49.1 Å². The predicted octanol–water partition coefficient (Wildman–Crippen LogP) is 4.14. The lowest BCUT2D eigenvalue weighted by Crippen LogP contribution is -2.35. The van der Waals surface area contributed by atoms with Crippen LogP contribution in [0.3, 0.4) is 0 Å². The average molecular weight is 375 g/mol. The summed E-state index contributed by atoms with van der Waals surface area (Å²) in [6.45, 7) is 0.491. The van der Waals surface area contributed by atoms with Crippen LogP contribution >= 0.6 is 11.6 Å². The first-order valence-electron chi connectivity index (χ1n) is 9.30. The molecule has 0 spiro atoms. The Hall–Kier alpha value is -1.85. The van der Waals surface area contributed by atoms with E-state index in [0.717, 1.165) is 24.1 Å². The number of nitrogens with one attached hydrogen (secondary N) is 2. The van der Waals surface area contributed by atoms with Gasteiger partial charge in [0.05, 0.1) is 23.5 Å². The van der Waals surface area contributed by atoms with Crippen LogP contribution in [0.5, 0.6) is 0 Å². The third kappa shape index (κ3) is 4.27. The Morgan fingerprint density at radius 2 is 2.04 bits per heavy atom. The molecule has 0 saturated heterocycles. The van der Waals surface area contributed by atoms with E-state index in [1.165, 1.54) is 19.3 Å². The minimum atomic E-state index is -0.0711. The standard InChI is InChI=1S/C20H27ClN4O/c1-25(2)18(15-10-6-7-11-17(15)21)13-22-20(26)16-12-23-24-19(16)14-8-4-3-5-9-14/h6-7,10-12,14,18H,3-5,8-9,13H2,1-2H3,(H,22,26)(H,23,24)/t18-/m1/s1. The van der Waals surface area contributed by atoms with Crippen LogP contribution in [-0.4, -0.2) is 41.6 Å². The van der Waals surface area contributed by atoms with Crippen LogP contribution in [0.4, 0.5) is 0 Å². The van der Waals surface area contributed by atoms with Gasteiger partial charge in [0.1, 0.15) is 0 Å². The maximum atomic E-state index is 12.8. The van der Waals surface area contributed by atoms with Gasteiger partial charge in [-0.3, -0.25) is 9.89 Å². The van der Waals surface area contributed by atoms with Gasteiger partial charge < -0.3 is 10.2 Å². The summed E-state index contributed by atoms with van der Waals surface area (Å²) in [5.74, 6) is 0.346. The molecule has 1 fully saturated rings. The fourth-order valence-corrected chi connectivity index (χ4v) is 4.04. The molecule has 1 aromatic heterocycles. The van der Waals surface area contributed by atoms with Gasteiger partial charge in [0.2, 0.25) is 0 Å². The summed E-state index contributed by atoms with van der Waals surface area (Å²) in [6, 6.07) is 7.78. The van der Waals surface area contributed by atoms with Crippen molar-refractivity contribution in [3.05, 3.63) is 52.3 Å². The van der Waals surface area contributed by atoms with E-state index in [1.54, 1.807) is 6.20 Å². The van der Waals surface area contributed by atoms with Crippen molar-refractivity contribution in [2.45, 2.75) is 44.1 Å². The number of aromatic amines is 1. The quantitative estimate of drug-likeness (QED) is 0.798. The maximum Gasteiger partial charge on any atom is 0.254 e. The second-order valence-corrected chi connectivity index (χ2v) is 7.65. The number of H-pyrrole nitrogens is 1. The van der Waals surface area contributed by atoms with Crippen LogP contribution in [0.15, 0.2) is 30.5 Å². The van der Waals surface area contributed by atoms with E-state index < -0.39 is 0 Å². The van der Waals surface area contributed by atoms with E-state index in [-0.39, 0.29) is 11.9 Å². The lowest BCUT2D eigenvalue weighted by Gasteiger charge is -2.26. The summed E-state index contributed by atoms with van der Waals surface area (Å²) in [5, 5.41) is 11.0. The Morgan fingerprint density at radius 1 is 1.31 bits per heavy atom. The number of carbonyl (C=O) groups excluding carboxylic acids is 1. The number of amides is 1. The lowest BCUT2D eigenvalue weighted by molar-refractivity contribution is 0.0940. The van der Waals surface area contributed by atoms with Gasteiger partial charge in [0.25, 0.3) is 5.91 Å². The second kappa shape index (κ2) is 8.69. The summed E-state index contributed by atoms with van der Waals surface area (Å²) < 4.78 is 0. The number of hydrogen-bond donors (Lipinski definition) is 2. The first kappa shape index (κ1) is 18.9. The Balaban J connectivity index is 1.70. The molecule has 1 saturated carbocycles. The Morgan fingerprint density at radius 3 is 2.73 bits per heavy atom. The molecule has 26 heavy (non-hydrogen) atoms. The van der Waals surface area contributed by atoms with Crippen molar-refractivity contribution < 1.29 is 4.79 Å². The molecule has 1 aromatic carbocycles. The molecule has 2 N–H and O–H groups in total. The van der Waals surface area contributed by atoms with E-state index in [4.69, 9.17) is 11.6 Å².